The third-order valence-corrected chi connectivity index (χ3v) is 17.6. The van der Waals surface area contributed by atoms with Crippen molar-refractivity contribution in [1.82, 2.24) is 5.32 Å². The Balaban J connectivity index is 0.900. The van der Waals surface area contributed by atoms with Crippen LogP contribution in [0.25, 0.3) is 0 Å². The predicted octanol–water partition coefficient (Wildman–Crippen LogP) is 7.98. The lowest BCUT2D eigenvalue weighted by Crippen LogP contribution is -2.61. The Morgan fingerprint density at radius 3 is 2.38 bits per heavy atom. The lowest BCUT2D eigenvalue weighted by atomic mass is 9.46. The molecule has 0 aromatic heterocycles. The van der Waals surface area contributed by atoms with Gasteiger partial charge in [-0.1, -0.05) is 33.3 Å². The number of hydrogen-bond donors (Lipinski definition) is 4. The van der Waals surface area contributed by atoms with Crippen LogP contribution in [0.15, 0.2) is 118 Å². The second-order valence-corrected chi connectivity index (χ2v) is 20.7. The minimum Gasteiger partial charge on any atom is -0.511 e. The molecule has 0 unspecified atom stereocenters. The highest BCUT2D eigenvalue weighted by Crippen LogP contribution is 2.66. The highest BCUT2D eigenvalue weighted by molar-refractivity contribution is 6.21. The van der Waals surface area contributed by atoms with Gasteiger partial charge in [0.1, 0.15) is 17.1 Å². The van der Waals surface area contributed by atoms with Gasteiger partial charge >= 0.3 is 5.97 Å². The number of carbonyl (C=O) groups is 4. The first-order valence-corrected chi connectivity index (χ1v) is 23.7. The van der Waals surface area contributed by atoms with Crippen molar-refractivity contribution in [2.75, 3.05) is 13.2 Å². The number of esters is 1. The Labute approximate surface area is 380 Å². The van der Waals surface area contributed by atoms with Crippen LogP contribution in [-0.4, -0.2) is 74.6 Å². The maximum Gasteiger partial charge on any atom is 0.306 e. The van der Waals surface area contributed by atoms with Crippen molar-refractivity contribution in [3.05, 3.63) is 103 Å². The van der Waals surface area contributed by atoms with E-state index in [1.165, 1.54) is 0 Å². The summed E-state index contributed by atoms with van der Waals surface area (Å²) < 4.78 is 5.71. The summed E-state index contributed by atoms with van der Waals surface area (Å²) in [6, 6.07) is 0. The summed E-state index contributed by atoms with van der Waals surface area (Å²) in [5, 5.41) is 38.0. The minimum absolute atomic E-state index is 0.00802. The lowest BCUT2D eigenvalue weighted by Gasteiger charge is -2.57. The number of ketones is 3. The molecule has 12 heteroatoms. The number of Topliss-reactive ketones (excluding diaryl/α,β-unsaturated/α-hetero) is 2. The smallest absolute Gasteiger partial charge is 0.306 e. The summed E-state index contributed by atoms with van der Waals surface area (Å²) in [5.74, 6) is -1.35. The molecule has 65 heavy (non-hydrogen) atoms. The summed E-state index contributed by atoms with van der Waals surface area (Å²) in [6.45, 7) is 13.4. The molecule has 1 saturated heterocycles. The first-order chi connectivity index (χ1) is 30.9. The molecule has 5 heterocycles. The summed E-state index contributed by atoms with van der Waals surface area (Å²) in [4.78, 5) is 69.5. The van der Waals surface area contributed by atoms with Crippen molar-refractivity contribution >= 4 is 40.5 Å². The number of nitrogens with zero attached hydrogens (tertiary/aromatic N) is 3. The number of fused-ring (bicyclic) bond motifs is 10. The molecule has 0 radical (unpaired) electrons. The number of hydrogen-bond acceptors (Lipinski definition) is 12. The fourth-order valence-corrected chi connectivity index (χ4v) is 13.8. The molecule has 340 valence electrons. The van der Waals surface area contributed by atoms with Gasteiger partial charge in [-0.25, -0.2) is 15.0 Å². The van der Waals surface area contributed by atoms with Crippen molar-refractivity contribution in [2.45, 2.75) is 125 Å². The molecule has 4 N–H and O–H groups in total. The molecule has 3 saturated carbocycles. The van der Waals surface area contributed by atoms with Crippen molar-refractivity contribution < 1.29 is 39.2 Å². The monoisotopic (exact) mass is 880 g/mol. The highest BCUT2D eigenvalue weighted by atomic mass is 16.5. The van der Waals surface area contributed by atoms with Crippen LogP contribution in [0, 0.1) is 40.4 Å². The van der Waals surface area contributed by atoms with E-state index in [1.54, 1.807) is 6.08 Å². The van der Waals surface area contributed by atoms with E-state index in [1.807, 2.05) is 39.0 Å². The molecule has 0 amide bonds. The zero-order valence-corrected chi connectivity index (χ0v) is 38.6. The van der Waals surface area contributed by atoms with E-state index in [-0.39, 0.29) is 84.6 Å². The second-order valence-electron chi connectivity index (χ2n) is 20.7. The number of nitrogens with one attached hydrogen (secondary N) is 1. The van der Waals surface area contributed by atoms with E-state index in [9.17, 15) is 34.5 Å². The molecule has 4 fully saturated rings. The standard InChI is InChI=1S/C53H60N4O8/c1-8-31-25(2)38-20-42-35(23-58)27(4)37(55-42)19-39-26(3)32(49(56-39)34-18-43(60)47-28(5)40(57-50(34)47)21-41(31)54-38)11-12-46(63)65-24-45(62)53(64)16-14-36-33-10-9-29-17-30(59)13-15-51(29,6)48(33)44(61)22-52(36,53)7/h17,19-21,26,32-33,36,48,56,58,60,64H,8-16,18,22-24H2,1-7H3/t26-,32-,33-,36-,48+,51-,52-,53-/m0/s1. The van der Waals surface area contributed by atoms with Gasteiger partial charge in [0.25, 0.3) is 0 Å². The second kappa shape index (κ2) is 15.4. The first-order valence-electron chi connectivity index (χ1n) is 23.7. The third kappa shape index (κ3) is 6.39. The molecule has 12 nitrogen and oxygen atoms in total. The van der Waals surface area contributed by atoms with Gasteiger partial charge in [0, 0.05) is 77.0 Å². The summed E-state index contributed by atoms with van der Waals surface area (Å²) in [5.41, 5.74) is 10.2. The SMILES string of the molecule is CCC1=C(C)C2=NC1=CC1=C(C)C3=C(O)CC(=C4NC(=CC5=NC(=C2)C(CO)=C5C)[C@@H](C)[C@@H]4CCC(=O)OCC(=O)[C@@]2(O)CC[C@H]4[C@@H]5CCC6=CC(=O)CC[C@]6(C)[C@H]5C(=O)C[C@@]42C)C3=N1. The highest BCUT2D eigenvalue weighted by Gasteiger charge is 2.68. The van der Waals surface area contributed by atoms with Gasteiger partial charge in [0.05, 0.1) is 40.8 Å². The van der Waals surface area contributed by atoms with Crippen LogP contribution in [0.4, 0.5) is 0 Å². The van der Waals surface area contributed by atoms with E-state index in [2.05, 4.69) is 33.0 Å². The van der Waals surface area contributed by atoms with Gasteiger partial charge in [-0.2, -0.15) is 0 Å². The Morgan fingerprint density at radius 1 is 0.923 bits per heavy atom. The van der Waals surface area contributed by atoms with Gasteiger partial charge in [0.2, 0.25) is 5.78 Å². The molecule has 8 atom stereocenters. The maximum atomic E-state index is 14.2. The van der Waals surface area contributed by atoms with Gasteiger partial charge in [0.15, 0.2) is 12.4 Å². The number of rotatable bonds is 8. The van der Waals surface area contributed by atoms with Crippen molar-refractivity contribution in [3.8, 4) is 0 Å². The number of carbonyl (C=O) groups excluding carboxylic acids is 4. The molecular formula is C53H60N4O8. The number of allylic oxidation sites excluding steroid dienone is 12. The fraction of sp³-hybridized carbons (Fsp3) is 0.528. The summed E-state index contributed by atoms with van der Waals surface area (Å²) in [7, 11) is 0. The molecule has 0 aromatic rings. The molecule has 8 bridgehead atoms. The van der Waals surface area contributed by atoms with E-state index in [0.717, 1.165) is 86.8 Å². The Hall–Kier alpha value is -5.33. The Morgan fingerprint density at radius 2 is 1.65 bits per heavy atom. The van der Waals surface area contributed by atoms with Gasteiger partial charge in [-0.05, 0) is 130 Å². The third-order valence-electron chi connectivity index (χ3n) is 17.6. The van der Waals surface area contributed by atoms with Crippen LogP contribution in [0.1, 0.15) is 119 Å². The Bertz CT molecular complexity index is 2710. The van der Waals surface area contributed by atoms with Gasteiger partial charge in [-0.15, -0.1) is 0 Å². The van der Waals surface area contributed by atoms with Crippen molar-refractivity contribution in [3.63, 3.8) is 0 Å². The number of ether oxygens (including phenoxy) is 1. The average Bonchev–Trinajstić information content (AvgIpc) is 4.07. The normalized spacial score (nSPS) is 34.8. The minimum atomic E-state index is -1.81. The molecule has 0 aromatic carbocycles. The summed E-state index contributed by atoms with van der Waals surface area (Å²) >= 11 is 0. The van der Waals surface area contributed by atoms with E-state index in [4.69, 9.17) is 19.7 Å². The summed E-state index contributed by atoms with van der Waals surface area (Å²) in [6.07, 6.45) is 12.5. The van der Waals surface area contributed by atoms with Crippen molar-refractivity contribution in [2.24, 2.45) is 55.4 Å². The molecular weight excluding hydrogens is 821 g/mol. The first kappa shape index (κ1) is 43.6. The number of aliphatic hydroxyl groups is 3. The van der Waals surface area contributed by atoms with Crippen LogP contribution in [-0.2, 0) is 23.9 Å². The molecule has 0 spiro atoms. The largest absolute Gasteiger partial charge is 0.511 e. The van der Waals surface area contributed by atoms with Crippen LogP contribution >= 0.6 is 0 Å². The number of aliphatic imine (C=N–C) groups is 3. The van der Waals surface area contributed by atoms with Crippen LogP contribution < -0.4 is 5.32 Å². The Kier molecular flexibility index (Phi) is 10.3. The molecule has 10 aliphatic rings. The van der Waals surface area contributed by atoms with E-state index < -0.39 is 29.4 Å². The molecule has 10 rings (SSSR count). The predicted molar refractivity (Wildman–Crippen MR) is 246 cm³/mol. The maximum absolute atomic E-state index is 14.2. The van der Waals surface area contributed by atoms with Gasteiger partial charge in [-0.3, -0.25) is 19.2 Å². The van der Waals surface area contributed by atoms with Crippen LogP contribution in [0.3, 0.4) is 0 Å². The van der Waals surface area contributed by atoms with Crippen LogP contribution in [0.2, 0.25) is 0 Å². The average molecular weight is 881 g/mol. The van der Waals surface area contributed by atoms with E-state index in [0.29, 0.717) is 48.4 Å². The quantitative estimate of drug-likeness (QED) is 0.175. The zero-order valence-electron chi connectivity index (χ0n) is 38.6. The fourth-order valence-electron chi connectivity index (χ4n) is 13.8. The number of aliphatic hydroxyl groups excluding tert-OH is 2. The molecule has 5 aliphatic heterocycles. The topological polar surface area (TPSA) is 187 Å². The van der Waals surface area contributed by atoms with Crippen molar-refractivity contribution in [1.29, 1.82) is 0 Å². The van der Waals surface area contributed by atoms with E-state index >= 15 is 0 Å². The lowest BCUT2D eigenvalue weighted by molar-refractivity contribution is -0.174. The zero-order chi connectivity index (χ0) is 46.1. The van der Waals surface area contributed by atoms with Gasteiger partial charge < -0.3 is 25.4 Å². The van der Waals surface area contributed by atoms with Crippen LogP contribution in [0.5, 0.6) is 0 Å². The molecule has 5 aliphatic carbocycles.